The lowest BCUT2D eigenvalue weighted by Crippen LogP contribution is -2.25. The first-order valence-electron chi connectivity index (χ1n) is 7.56. The molecule has 5 heteroatoms. The first-order chi connectivity index (χ1) is 11.1. The van der Waals surface area contributed by atoms with Gasteiger partial charge in [0.25, 0.3) is 5.91 Å². The lowest BCUT2D eigenvalue weighted by Gasteiger charge is -2.16. The second kappa shape index (κ2) is 6.96. The zero-order valence-corrected chi connectivity index (χ0v) is 14.2. The molecule has 0 aliphatic carbocycles. The highest BCUT2D eigenvalue weighted by Crippen LogP contribution is 2.22. The molecule has 1 aliphatic rings. The fourth-order valence-electron chi connectivity index (χ4n) is 2.67. The van der Waals surface area contributed by atoms with Gasteiger partial charge in [-0.05, 0) is 42.3 Å². The molecular formula is C18H17BrN2O2. The standard InChI is InChI=1S/C18H17BrN2O2/c19-15-6-1-4-13(10-15)12-20-18(23)14-5-2-7-16(11-14)21-9-3-8-17(21)22/h1-2,4-7,10-11H,3,8-9,12H2,(H,20,23). The van der Waals surface area contributed by atoms with E-state index in [-0.39, 0.29) is 11.8 Å². The Morgan fingerprint density at radius 1 is 1.17 bits per heavy atom. The topological polar surface area (TPSA) is 49.4 Å². The minimum absolute atomic E-state index is 0.122. The fraction of sp³-hybridized carbons (Fsp3) is 0.222. The Kier molecular flexibility index (Phi) is 4.76. The SMILES string of the molecule is O=C(NCc1cccc(Br)c1)c1cccc(N2CCCC2=O)c1. The number of carbonyl (C=O) groups is 2. The van der Waals surface area contributed by atoms with E-state index in [0.29, 0.717) is 18.5 Å². The molecule has 1 saturated heterocycles. The highest BCUT2D eigenvalue weighted by molar-refractivity contribution is 9.10. The van der Waals surface area contributed by atoms with E-state index < -0.39 is 0 Å². The van der Waals surface area contributed by atoms with Crippen molar-refractivity contribution in [1.82, 2.24) is 5.32 Å². The van der Waals surface area contributed by atoms with Gasteiger partial charge in [-0.25, -0.2) is 0 Å². The maximum Gasteiger partial charge on any atom is 0.251 e. The van der Waals surface area contributed by atoms with Crippen LogP contribution in [0.2, 0.25) is 0 Å². The molecule has 2 aromatic rings. The number of carbonyl (C=O) groups excluding carboxylic acids is 2. The van der Waals surface area contributed by atoms with Gasteiger partial charge in [0.15, 0.2) is 0 Å². The molecule has 0 bridgehead atoms. The van der Waals surface area contributed by atoms with Gasteiger partial charge in [-0.2, -0.15) is 0 Å². The van der Waals surface area contributed by atoms with Gasteiger partial charge in [0, 0.05) is 35.2 Å². The van der Waals surface area contributed by atoms with E-state index in [1.807, 2.05) is 36.4 Å². The zero-order chi connectivity index (χ0) is 16.2. The van der Waals surface area contributed by atoms with Crippen LogP contribution in [0.5, 0.6) is 0 Å². The number of nitrogens with one attached hydrogen (secondary N) is 1. The van der Waals surface area contributed by atoms with Gasteiger partial charge in [0.05, 0.1) is 0 Å². The largest absolute Gasteiger partial charge is 0.348 e. The first-order valence-corrected chi connectivity index (χ1v) is 8.36. The fourth-order valence-corrected chi connectivity index (χ4v) is 3.11. The zero-order valence-electron chi connectivity index (χ0n) is 12.6. The Balaban J connectivity index is 1.69. The lowest BCUT2D eigenvalue weighted by molar-refractivity contribution is -0.117. The first kappa shape index (κ1) is 15.7. The van der Waals surface area contributed by atoms with Gasteiger partial charge in [-0.3, -0.25) is 9.59 Å². The molecule has 0 saturated carbocycles. The van der Waals surface area contributed by atoms with Crippen molar-refractivity contribution in [2.45, 2.75) is 19.4 Å². The van der Waals surface area contributed by atoms with E-state index in [0.717, 1.165) is 28.7 Å². The van der Waals surface area contributed by atoms with Crippen molar-refractivity contribution < 1.29 is 9.59 Å². The molecule has 118 valence electrons. The van der Waals surface area contributed by atoms with Crippen LogP contribution < -0.4 is 10.2 Å². The summed E-state index contributed by atoms with van der Waals surface area (Å²) in [6, 6.07) is 15.0. The van der Waals surface area contributed by atoms with Crippen LogP contribution in [0.3, 0.4) is 0 Å². The van der Waals surface area contributed by atoms with E-state index in [2.05, 4.69) is 21.2 Å². The third-order valence-corrected chi connectivity index (χ3v) is 4.33. The van der Waals surface area contributed by atoms with Gasteiger partial charge in [-0.15, -0.1) is 0 Å². The molecule has 1 heterocycles. The molecule has 23 heavy (non-hydrogen) atoms. The Hall–Kier alpha value is -2.14. The van der Waals surface area contributed by atoms with Gasteiger partial charge in [-0.1, -0.05) is 34.1 Å². The van der Waals surface area contributed by atoms with Gasteiger partial charge in [0.2, 0.25) is 5.91 Å². The predicted molar refractivity (Wildman–Crippen MR) is 93.3 cm³/mol. The predicted octanol–water partition coefficient (Wildman–Crippen LogP) is 3.51. The Morgan fingerprint density at radius 3 is 2.74 bits per heavy atom. The van der Waals surface area contributed by atoms with Gasteiger partial charge < -0.3 is 10.2 Å². The number of nitrogens with zero attached hydrogens (tertiary/aromatic N) is 1. The van der Waals surface area contributed by atoms with Crippen molar-refractivity contribution in [3.63, 3.8) is 0 Å². The third-order valence-electron chi connectivity index (χ3n) is 3.84. The summed E-state index contributed by atoms with van der Waals surface area (Å²) in [6.45, 7) is 1.19. The molecule has 1 N–H and O–H groups in total. The van der Waals surface area contributed by atoms with E-state index >= 15 is 0 Å². The van der Waals surface area contributed by atoms with Crippen LogP contribution >= 0.6 is 15.9 Å². The highest BCUT2D eigenvalue weighted by atomic mass is 79.9. The van der Waals surface area contributed by atoms with Crippen molar-refractivity contribution in [3.8, 4) is 0 Å². The number of rotatable bonds is 4. The summed E-state index contributed by atoms with van der Waals surface area (Å²) >= 11 is 3.42. The molecule has 1 aliphatic heterocycles. The second-order valence-electron chi connectivity index (χ2n) is 5.51. The summed E-state index contributed by atoms with van der Waals surface area (Å²) in [5.41, 5.74) is 2.39. The number of hydrogen-bond acceptors (Lipinski definition) is 2. The summed E-state index contributed by atoms with van der Waals surface area (Å²) in [6.07, 6.45) is 1.46. The second-order valence-corrected chi connectivity index (χ2v) is 6.43. The Bertz CT molecular complexity index is 745. The van der Waals surface area contributed by atoms with Crippen LogP contribution in [-0.4, -0.2) is 18.4 Å². The smallest absolute Gasteiger partial charge is 0.251 e. The number of halogens is 1. The van der Waals surface area contributed by atoms with Crippen LogP contribution in [0.4, 0.5) is 5.69 Å². The third kappa shape index (κ3) is 3.79. The minimum atomic E-state index is -0.140. The summed E-state index contributed by atoms with van der Waals surface area (Å²) in [5, 5.41) is 2.91. The lowest BCUT2D eigenvalue weighted by atomic mass is 10.1. The normalized spacial score (nSPS) is 14.1. The van der Waals surface area contributed by atoms with Crippen LogP contribution in [0, 0.1) is 0 Å². The highest BCUT2D eigenvalue weighted by Gasteiger charge is 2.22. The Labute approximate surface area is 143 Å². The average molecular weight is 373 g/mol. The van der Waals surface area contributed by atoms with Crippen LogP contribution in [0.15, 0.2) is 53.0 Å². The van der Waals surface area contributed by atoms with E-state index in [1.54, 1.807) is 17.0 Å². The number of hydrogen-bond donors (Lipinski definition) is 1. The molecule has 2 amide bonds. The van der Waals surface area contributed by atoms with E-state index in [4.69, 9.17) is 0 Å². The van der Waals surface area contributed by atoms with Gasteiger partial charge >= 0.3 is 0 Å². The van der Waals surface area contributed by atoms with Gasteiger partial charge in [0.1, 0.15) is 0 Å². The molecule has 0 spiro atoms. The summed E-state index contributed by atoms with van der Waals surface area (Å²) < 4.78 is 0.985. The number of amides is 2. The van der Waals surface area contributed by atoms with Crippen molar-refractivity contribution in [2.24, 2.45) is 0 Å². The van der Waals surface area contributed by atoms with Crippen molar-refractivity contribution in [2.75, 3.05) is 11.4 Å². The van der Waals surface area contributed by atoms with Crippen LogP contribution in [0.1, 0.15) is 28.8 Å². The summed E-state index contributed by atoms with van der Waals surface area (Å²) in [7, 11) is 0. The molecule has 0 aromatic heterocycles. The maximum absolute atomic E-state index is 12.3. The molecule has 3 rings (SSSR count). The van der Waals surface area contributed by atoms with Crippen LogP contribution in [0.25, 0.3) is 0 Å². The molecular weight excluding hydrogens is 356 g/mol. The molecule has 1 fully saturated rings. The maximum atomic E-state index is 12.3. The average Bonchev–Trinajstić information content (AvgIpc) is 2.99. The van der Waals surface area contributed by atoms with Crippen molar-refractivity contribution in [3.05, 3.63) is 64.1 Å². The van der Waals surface area contributed by atoms with Crippen LogP contribution in [-0.2, 0) is 11.3 Å². The number of benzene rings is 2. The monoisotopic (exact) mass is 372 g/mol. The molecule has 4 nitrogen and oxygen atoms in total. The Morgan fingerprint density at radius 2 is 2.00 bits per heavy atom. The number of anilines is 1. The molecule has 0 atom stereocenters. The van der Waals surface area contributed by atoms with E-state index in [1.165, 1.54) is 0 Å². The molecule has 0 radical (unpaired) electrons. The summed E-state index contributed by atoms with van der Waals surface area (Å²) in [5.74, 6) is -0.0184. The minimum Gasteiger partial charge on any atom is -0.348 e. The summed E-state index contributed by atoms with van der Waals surface area (Å²) in [4.78, 5) is 25.9. The van der Waals surface area contributed by atoms with E-state index in [9.17, 15) is 9.59 Å². The van der Waals surface area contributed by atoms with Crippen molar-refractivity contribution in [1.29, 1.82) is 0 Å². The quantitative estimate of drug-likeness (QED) is 0.892. The van der Waals surface area contributed by atoms with Crippen molar-refractivity contribution >= 4 is 33.4 Å². The molecule has 2 aromatic carbocycles. The molecule has 0 unspecified atom stereocenters.